The summed E-state index contributed by atoms with van der Waals surface area (Å²) < 4.78 is 34.0. The average molecular weight is 244 g/mol. The smallest absolute Gasteiger partial charge is 0.387 e. The standard InChI is InChI=1S/C12H14F2O3/c1-3-16-9-4-5-10(8(2)7-15)11(6-9)17-12(13)14/h4-8,12H,3H2,1-2H3. The minimum absolute atomic E-state index is 0.0226. The van der Waals surface area contributed by atoms with E-state index in [1.54, 1.807) is 26.0 Å². The van der Waals surface area contributed by atoms with Crippen LogP contribution < -0.4 is 9.47 Å². The summed E-state index contributed by atoms with van der Waals surface area (Å²) in [6.07, 6.45) is 0.675. The average Bonchev–Trinajstić information content (AvgIpc) is 2.28. The summed E-state index contributed by atoms with van der Waals surface area (Å²) in [5.74, 6) is -0.0880. The first-order valence-electron chi connectivity index (χ1n) is 5.25. The molecule has 0 aromatic heterocycles. The van der Waals surface area contributed by atoms with Gasteiger partial charge >= 0.3 is 6.61 Å². The van der Waals surface area contributed by atoms with Crippen LogP contribution in [0.5, 0.6) is 11.5 Å². The predicted molar refractivity (Wildman–Crippen MR) is 58.7 cm³/mol. The lowest BCUT2D eigenvalue weighted by atomic mass is 10.0. The molecule has 0 aliphatic rings. The molecule has 1 atom stereocenters. The largest absolute Gasteiger partial charge is 0.494 e. The van der Waals surface area contributed by atoms with Crippen molar-refractivity contribution in [2.75, 3.05) is 6.61 Å². The van der Waals surface area contributed by atoms with Crippen molar-refractivity contribution in [1.29, 1.82) is 0 Å². The van der Waals surface area contributed by atoms with Crippen molar-refractivity contribution in [3.63, 3.8) is 0 Å². The Morgan fingerprint density at radius 2 is 2.12 bits per heavy atom. The lowest BCUT2D eigenvalue weighted by Crippen LogP contribution is -2.07. The SMILES string of the molecule is CCOc1ccc(C(C)C=O)c(OC(F)F)c1. The molecule has 0 fully saturated rings. The Hall–Kier alpha value is -1.65. The number of halogens is 2. The maximum absolute atomic E-state index is 12.2. The van der Waals surface area contributed by atoms with Crippen LogP contribution >= 0.6 is 0 Å². The Kier molecular flexibility index (Phi) is 4.87. The van der Waals surface area contributed by atoms with Gasteiger partial charge in [0.1, 0.15) is 17.8 Å². The first kappa shape index (κ1) is 13.4. The van der Waals surface area contributed by atoms with Crippen molar-refractivity contribution in [2.24, 2.45) is 0 Å². The second-order valence-electron chi connectivity index (χ2n) is 3.44. The zero-order valence-corrected chi connectivity index (χ0v) is 9.65. The molecule has 1 aromatic carbocycles. The highest BCUT2D eigenvalue weighted by molar-refractivity contribution is 5.64. The molecular weight excluding hydrogens is 230 g/mol. The monoisotopic (exact) mass is 244 g/mol. The number of carbonyl (C=O) groups is 1. The number of alkyl halides is 2. The molecule has 0 N–H and O–H groups in total. The lowest BCUT2D eigenvalue weighted by Gasteiger charge is -2.14. The number of aldehydes is 1. The van der Waals surface area contributed by atoms with Gasteiger partial charge in [-0.05, 0) is 13.0 Å². The summed E-state index contributed by atoms with van der Waals surface area (Å²) in [7, 11) is 0. The fraction of sp³-hybridized carbons (Fsp3) is 0.417. The second kappa shape index (κ2) is 6.18. The summed E-state index contributed by atoms with van der Waals surface area (Å²) in [5, 5.41) is 0. The summed E-state index contributed by atoms with van der Waals surface area (Å²) in [6.45, 7) is 0.900. The molecule has 0 heterocycles. The Labute approximate surface area is 98.3 Å². The molecule has 0 radical (unpaired) electrons. The third-order valence-electron chi connectivity index (χ3n) is 2.21. The Morgan fingerprint density at radius 1 is 1.41 bits per heavy atom. The van der Waals surface area contributed by atoms with E-state index < -0.39 is 12.5 Å². The summed E-state index contributed by atoms with van der Waals surface area (Å²) in [4.78, 5) is 10.7. The van der Waals surface area contributed by atoms with Crippen LogP contribution in [0.2, 0.25) is 0 Å². The molecular formula is C12H14F2O3. The van der Waals surface area contributed by atoms with Crippen molar-refractivity contribution >= 4 is 6.29 Å². The molecule has 0 amide bonds. The van der Waals surface area contributed by atoms with Gasteiger partial charge in [-0.3, -0.25) is 0 Å². The van der Waals surface area contributed by atoms with Crippen molar-refractivity contribution in [3.05, 3.63) is 23.8 Å². The quantitative estimate of drug-likeness (QED) is 0.721. The van der Waals surface area contributed by atoms with Gasteiger partial charge in [0, 0.05) is 17.5 Å². The van der Waals surface area contributed by atoms with E-state index in [1.165, 1.54) is 6.07 Å². The van der Waals surface area contributed by atoms with E-state index in [4.69, 9.17) is 4.74 Å². The maximum atomic E-state index is 12.2. The minimum atomic E-state index is -2.93. The molecule has 1 unspecified atom stereocenters. The van der Waals surface area contributed by atoms with E-state index in [-0.39, 0.29) is 5.75 Å². The van der Waals surface area contributed by atoms with Gasteiger partial charge in [-0.15, -0.1) is 0 Å². The highest BCUT2D eigenvalue weighted by atomic mass is 19.3. The summed E-state index contributed by atoms with van der Waals surface area (Å²) >= 11 is 0. The van der Waals surface area contributed by atoms with Crippen LogP contribution in [0.1, 0.15) is 25.3 Å². The lowest BCUT2D eigenvalue weighted by molar-refractivity contribution is -0.108. The Balaban J connectivity index is 3.06. The number of rotatable bonds is 6. The van der Waals surface area contributed by atoms with Gasteiger partial charge in [0.05, 0.1) is 6.61 Å². The molecule has 1 aromatic rings. The molecule has 1 rings (SSSR count). The first-order chi connectivity index (χ1) is 8.08. The fourth-order valence-corrected chi connectivity index (χ4v) is 1.42. The third kappa shape index (κ3) is 3.69. The van der Waals surface area contributed by atoms with Crippen LogP contribution in [0.4, 0.5) is 8.78 Å². The molecule has 0 aliphatic carbocycles. The normalized spacial score (nSPS) is 12.3. The van der Waals surface area contributed by atoms with Gasteiger partial charge in [0.2, 0.25) is 0 Å². The molecule has 3 nitrogen and oxygen atoms in total. The molecule has 0 saturated heterocycles. The first-order valence-corrected chi connectivity index (χ1v) is 5.25. The van der Waals surface area contributed by atoms with Gasteiger partial charge in [0.25, 0.3) is 0 Å². The van der Waals surface area contributed by atoms with Crippen molar-refractivity contribution in [1.82, 2.24) is 0 Å². The van der Waals surface area contributed by atoms with Gasteiger partial charge in [-0.25, -0.2) is 0 Å². The number of benzene rings is 1. The van der Waals surface area contributed by atoms with Gasteiger partial charge in [-0.2, -0.15) is 8.78 Å². The minimum Gasteiger partial charge on any atom is -0.494 e. The van der Waals surface area contributed by atoms with Gasteiger partial charge in [0.15, 0.2) is 0 Å². The predicted octanol–water partition coefficient (Wildman–Crippen LogP) is 2.99. The second-order valence-corrected chi connectivity index (χ2v) is 3.44. The zero-order chi connectivity index (χ0) is 12.8. The van der Waals surface area contributed by atoms with Crippen LogP contribution in [0.3, 0.4) is 0 Å². The highest BCUT2D eigenvalue weighted by Gasteiger charge is 2.15. The summed E-state index contributed by atoms with van der Waals surface area (Å²) in [5.41, 5.74) is 0.420. The third-order valence-corrected chi connectivity index (χ3v) is 2.21. The molecule has 0 spiro atoms. The number of hydrogen-bond acceptors (Lipinski definition) is 3. The van der Waals surface area contributed by atoms with Crippen LogP contribution in [0, 0.1) is 0 Å². The van der Waals surface area contributed by atoms with E-state index in [0.717, 1.165) is 0 Å². The molecule has 17 heavy (non-hydrogen) atoms. The molecule has 0 aliphatic heterocycles. The topological polar surface area (TPSA) is 35.5 Å². The van der Waals surface area contributed by atoms with Gasteiger partial charge in [-0.1, -0.05) is 13.0 Å². The molecule has 5 heteroatoms. The number of carbonyl (C=O) groups excluding carboxylic acids is 1. The van der Waals surface area contributed by atoms with Crippen LogP contribution in [-0.2, 0) is 4.79 Å². The molecule has 94 valence electrons. The molecule has 0 saturated carbocycles. The van der Waals surface area contributed by atoms with Gasteiger partial charge < -0.3 is 14.3 Å². The van der Waals surface area contributed by atoms with E-state index in [2.05, 4.69) is 4.74 Å². The van der Waals surface area contributed by atoms with E-state index >= 15 is 0 Å². The summed E-state index contributed by atoms with van der Waals surface area (Å²) in [6, 6.07) is 4.55. The Bertz CT molecular complexity index is 380. The highest BCUT2D eigenvalue weighted by Crippen LogP contribution is 2.31. The van der Waals surface area contributed by atoms with Crippen molar-refractivity contribution in [2.45, 2.75) is 26.4 Å². The van der Waals surface area contributed by atoms with Crippen molar-refractivity contribution < 1.29 is 23.0 Å². The van der Waals surface area contributed by atoms with E-state index in [9.17, 15) is 13.6 Å². The number of ether oxygens (including phenoxy) is 2. The fourth-order valence-electron chi connectivity index (χ4n) is 1.42. The number of hydrogen-bond donors (Lipinski definition) is 0. The van der Waals surface area contributed by atoms with Crippen LogP contribution in [-0.4, -0.2) is 19.5 Å². The van der Waals surface area contributed by atoms with Crippen LogP contribution in [0.15, 0.2) is 18.2 Å². The van der Waals surface area contributed by atoms with Crippen molar-refractivity contribution in [3.8, 4) is 11.5 Å². The zero-order valence-electron chi connectivity index (χ0n) is 9.65. The van der Waals surface area contributed by atoms with Crippen LogP contribution in [0.25, 0.3) is 0 Å². The van der Waals surface area contributed by atoms with E-state index in [0.29, 0.717) is 24.2 Å². The van der Waals surface area contributed by atoms with E-state index in [1.807, 2.05) is 0 Å². The molecule has 0 bridgehead atoms. The Morgan fingerprint density at radius 3 is 2.65 bits per heavy atom. The maximum Gasteiger partial charge on any atom is 0.387 e.